The molecule has 0 aliphatic heterocycles. The Kier molecular flexibility index (Phi) is 8.41. The first-order valence-electron chi connectivity index (χ1n) is 7.48. The van der Waals surface area contributed by atoms with Gasteiger partial charge in [0.25, 0.3) is 0 Å². The highest BCUT2D eigenvalue weighted by molar-refractivity contribution is 4.93. The standard InChI is InChI=1S/C14H29N5O/c1-13(2)11-18(4)9-7-14-12-19(17-16-14)8-5-6-10-20-15-3/h12-13,15H,5-11H2,1-4H3. The maximum Gasteiger partial charge on any atom is 0.0839 e. The monoisotopic (exact) mass is 283 g/mol. The molecule has 0 unspecified atom stereocenters. The molecule has 20 heavy (non-hydrogen) atoms. The van der Waals surface area contributed by atoms with Crippen molar-refractivity contribution in [2.45, 2.75) is 39.7 Å². The van der Waals surface area contributed by atoms with Gasteiger partial charge in [-0.3, -0.25) is 4.68 Å². The normalized spacial score (nSPS) is 11.7. The molecule has 0 fully saturated rings. The van der Waals surface area contributed by atoms with E-state index in [2.05, 4.69) is 47.8 Å². The summed E-state index contributed by atoms with van der Waals surface area (Å²) in [5.41, 5.74) is 3.75. The molecule has 0 bridgehead atoms. The van der Waals surface area contributed by atoms with Crippen LogP contribution in [0.4, 0.5) is 0 Å². The summed E-state index contributed by atoms with van der Waals surface area (Å²) in [5.74, 6) is 0.704. The third kappa shape index (κ3) is 7.57. The van der Waals surface area contributed by atoms with Gasteiger partial charge in [-0.2, -0.15) is 0 Å². The Labute approximate surface area is 122 Å². The molecule has 0 aromatic carbocycles. The summed E-state index contributed by atoms with van der Waals surface area (Å²) in [5, 5.41) is 8.39. The second kappa shape index (κ2) is 9.85. The smallest absolute Gasteiger partial charge is 0.0839 e. The van der Waals surface area contributed by atoms with E-state index in [1.165, 1.54) is 0 Å². The van der Waals surface area contributed by atoms with Crippen molar-refractivity contribution in [1.29, 1.82) is 0 Å². The molecule has 0 aliphatic carbocycles. The van der Waals surface area contributed by atoms with Crippen molar-refractivity contribution < 1.29 is 4.84 Å². The Hall–Kier alpha value is -0.980. The van der Waals surface area contributed by atoms with Crippen molar-refractivity contribution >= 4 is 0 Å². The summed E-state index contributed by atoms with van der Waals surface area (Å²) in [6, 6.07) is 0. The summed E-state index contributed by atoms with van der Waals surface area (Å²) >= 11 is 0. The van der Waals surface area contributed by atoms with E-state index in [0.29, 0.717) is 5.92 Å². The molecule has 1 aromatic heterocycles. The highest BCUT2D eigenvalue weighted by Crippen LogP contribution is 2.01. The van der Waals surface area contributed by atoms with Crippen molar-refractivity contribution in [3.8, 4) is 0 Å². The highest BCUT2D eigenvalue weighted by atomic mass is 16.6. The Morgan fingerprint density at radius 2 is 2.20 bits per heavy atom. The van der Waals surface area contributed by atoms with Crippen LogP contribution in [0.2, 0.25) is 0 Å². The predicted octanol–water partition coefficient (Wildman–Crippen LogP) is 1.34. The first kappa shape index (κ1) is 17.1. The average Bonchev–Trinajstić information content (AvgIpc) is 2.83. The van der Waals surface area contributed by atoms with E-state index < -0.39 is 0 Å². The van der Waals surface area contributed by atoms with Crippen LogP contribution in [0.3, 0.4) is 0 Å². The van der Waals surface area contributed by atoms with Gasteiger partial charge in [0.1, 0.15) is 0 Å². The zero-order valence-electron chi connectivity index (χ0n) is 13.3. The maximum atomic E-state index is 5.07. The predicted molar refractivity (Wildman–Crippen MR) is 80.3 cm³/mol. The number of hydrogen-bond donors (Lipinski definition) is 1. The minimum absolute atomic E-state index is 0.704. The van der Waals surface area contributed by atoms with Crippen LogP contribution in [0, 0.1) is 5.92 Å². The number of hydroxylamine groups is 1. The molecular weight excluding hydrogens is 254 g/mol. The van der Waals surface area contributed by atoms with Gasteiger partial charge in [-0.1, -0.05) is 19.1 Å². The van der Waals surface area contributed by atoms with E-state index >= 15 is 0 Å². The van der Waals surface area contributed by atoms with E-state index in [1.807, 2.05) is 4.68 Å². The van der Waals surface area contributed by atoms with Gasteiger partial charge in [0.15, 0.2) is 0 Å². The fraction of sp³-hybridized carbons (Fsp3) is 0.857. The largest absolute Gasteiger partial charge is 0.306 e. The molecule has 0 radical (unpaired) electrons. The lowest BCUT2D eigenvalue weighted by molar-refractivity contribution is 0.0547. The number of rotatable bonds is 11. The number of unbranched alkanes of at least 4 members (excludes halogenated alkanes) is 1. The van der Waals surface area contributed by atoms with Gasteiger partial charge in [0, 0.05) is 39.3 Å². The summed E-state index contributed by atoms with van der Waals surface area (Å²) in [6.45, 7) is 8.28. The number of aryl methyl sites for hydroxylation is 1. The molecule has 1 N–H and O–H groups in total. The van der Waals surface area contributed by atoms with Crippen LogP contribution in [0.5, 0.6) is 0 Å². The lowest BCUT2D eigenvalue weighted by atomic mass is 10.2. The fourth-order valence-electron chi connectivity index (χ4n) is 2.13. The van der Waals surface area contributed by atoms with Crippen LogP contribution >= 0.6 is 0 Å². The molecule has 116 valence electrons. The second-order valence-corrected chi connectivity index (χ2v) is 5.64. The Morgan fingerprint density at radius 3 is 2.90 bits per heavy atom. The summed E-state index contributed by atoms with van der Waals surface area (Å²) < 4.78 is 1.93. The number of likely N-dealkylation sites (N-methyl/N-ethyl adjacent to an activating group) is 1. The zero-order valence-corrected chi connectivity index (χ0v) is 13.3. The Bertz CT molecular complexity index is 353. The molecule has 1 heterocycles. The van der Waals surface area contributed by atoms with E-state index in [1.54, 1.807) is 7.05 Å². The minimum atomic E-state index is 0.704. The molecule has 6 nitrogen and oxygen atoms in total. The maximum absolute atomic E-state index is 5.07. The summed E-state index contributed by atoms with van der Waals surface area (Å²) in [7, 11) is 3.94. The van der Waals surface area contributed by atoms with Gasteiger partial charge in [-0.15, -0.1) is 5.10 Å². The van der Waals surface area contributed by atoms with E-state index in [-0.39, 0.29) is 0 Å². The SMILES string of the molecule is CNOCCCCn1cc(CCN(C)CC(C)C)nn1. The summed E-state index contributed by atoms with van der Waals surface area (Å²) in [6.07, 6.45) is 5.10. The topological polar surface area (TPSA) is 55.2 Å². The highest BCUT2D eigenvalue weighted by Gasteiger charge is 2.05. The molecule has 0 saturated carbocycles. The van der Waals surface area contributed by atoms with Crippen molar-refractivity contribution in [1.82, 2.24) is 25.4 Å². The number of nitrogens with zero attached hydrogens (tertiary/aromatic N) is 4. The summed E-state index contributed by atoms with van der Waals surface area (Å²) in [4.78, 5) is 7.42. The molecule has 1 rings (SSSR count). The van der Waals surface area contributed by atoms with E-state index in [0.717, 1.165) is 51.2 Å². The zero-order chi connectivity index (χ0) is 14.8. The average molecular weight is 283 g/mol. The van der Waals surface area contributed by atoms with Crippen LogP contribution in [0.15, 0.2) is 6.20 Å². The van der Waals surface area contributed by atoms with Gasteiger partial charge < -0.3 is 9.74 Å². The van der Waals surface area contributed by atoms with Crippen molar-refractivity contribution in [3.63, 3.8) is 0 Å². The lowest BCUT2D eigenvalue weighted by Gasteiger charge is -2.17. The number of hydrogen-bond acceptors (Lipinski definition) is 5. The van der Waals surface area contributed by atoms with Gasteiger partial charge in [-0.25, -0.2) is 5.48 Å². The third-order valence-corrected chi connectivity index (χ3v) is 3.04. The Morgan fingerprint density at radius 1 is 1.40 bits per heavy atom. The van der Waals surface area contributed by atoms with Gasteiger partial charge in [0.2, 0.25) is 0 Å². The lowest BCUT2D eigenvalue weighted by Crippen LogP contribution is -2.25. The second-order valence-electron chi connectivity index (χ2n) is 5.64. The fourth-order valence-corrected chi connectivity index (χ4v) is 2.13. The number of aromatic nitrogens is 3. The van der Waals surface area contributed by atoms with Crippen LogP contribution in [0.1, 0.15) is 32.4 Å². The Balaban J connectivity index is 2.18. The molecular formula is C14H29N5O. The molecule has 0 aliphatic rings. The van der Waals surface area contributed by atoms with Crippen molar-refractivity contribution in [3.05, 3.63) is 11.9 Å². The van der Waals surface area contributed by atoms with Crippen molar-refractivity contribution in [2.75, 3.05) is 33.8 Å². The first-order valence-corrected chi connectivity index (χ1v) is 7.48. The first-order chi connectivity index (χ1) is 9.61. The van der Waals surface area contributed by atoms with Gasteiger partial charge in [0.05, 0.1) is 12.3 Å². The number of nitrogens with one attached hydrogen (secondary N) is 1. The molecule has 0 saturated heterocycles. The molecule has 6 heteroatoms. The van der Waals surface area contributed by atoms with Crippen LogP contribution in [-0.4, -0.2) is 53.7 Å². The van der Waals surface area contributed by atoms with E-state index in [9.17, 15) is 0 Å². The van der Waals surface area contributed by atoms with E-state index in [4.69, 9.17) is 4.84 Å². The van der Waals surface area contributed by atoms with Crippen LogP contribution < -0.4 is 5.48 Å². The van der Waals surface area contributed by atoms with Gasteiger partial charge >= 0.3 is 0 Å². The minimum Gasteiger partial charge on any atom is -0.306 e. The van der Waals surface area contributed by atoms with Crippen LogP contribution in [0.25, 0.3) is 0 Å². The third-order valence-electron chi connectivity index (χ3n) is 3.04. The van der Waals surface area contributed by atoms with Crippen LogP contribution in [-0.2, 0) is 17.8 Å². The van der Waals surface area contributed by atoms with Gasteiger partial charge in [-0.05, 0) is 25.8 Å². The molecule has 0 spiro atoms. The molecule has 1 aromatic rings. The molecule has 0 atom stereocenters. The molecule has 0 amide bonds. The quantitative estimate of drug-likeness (QED) is 0.490. The van der Waals surface area contributed by atoms with Crippen molar-refractivity contribution in [2.24, 2.45) is 5.92 Å².